The van der Waals surface area contributed by atoms with E-state index in [4.69, 9.17) is 16.3 Å². The van der Waals surface area contributed by atoms with E-state index in [2.05, 4.69) is 11.4 Å². The molecule has 0 fully saturated rings. The second-order valence-corrected chi connectivity index (χ2v) is 5.83. The van der Waals surface area contributed by atoms with E-state index in [1.165, 1.54) is 27.6 Å². The molecule has 0 spiro atoms. The topological polar surface area (TPSA) is 85.6 Å². The van der Waals surface area contributed by atoms with Crippen LogP contribution in [0.2, 0.25) is 0 Å². The van der Waals surface area contributed by atoms with E-state index in [-0.39, 0.29) is 0 Å². The first-order valence-corrected chi connectivity index (χ1v) is 7.19. The van der Waals surface area contributed by atoms with Crippen molar-refractivity contribution in [3.8, 4) is 12.1 Å². The van der Waals surface area contributed by atoms with Crippen LogP contribution in [0.4, 0.5) is 0 Å². The third-order valence-electron chi connectivity index (χ3n) is 2.10. The minimum Gasteiger partial charge on any atom is -0.326 e. The monoisotopic (exact) mass is 290 g/mol. The Morgan fingerprint density at radius 1 is 1.05 bits per heavy atom. The Labute approximate surface area is 120 Å². The van der Waals surface area contributed by atoms with E-state index in [1.807, 2.05) is 31.3 Å². The molecule has 0 bridgehead atoms. The van der Waals surface area contributed by atoms with Crippen molar-refractivity contribution < 1.29 is 0 Å². The van der Waals surface area contributed by atoms with Crippen molar-refractivity contribution in [3.05, 3.63) is 43.8 Å². The first kappa shape index (κ1) is 15.4. The summed E-state index contributed by atoms with van der Waals surface area (Å²) < 4.78 is 0. The Bertz CT molecular complexity index is 586. The van der Waals surface area contributed by atoms with E-state index in [1.54, 1.807) is 6.07 Å². The van der Waals surface area contributed by atoms with Crippen LogP contribution < -0.4 is 11.1 Å². The molecule has 0 aromatic carbocycles. The minimum atomic E-state index is 0.534. The summed E-state index contributed by atoms with van der Waals surface area (Å²) in [6.07, 6.45) is 0. The van der Waals surface area contributed by atoms with Gasteiger partial charge in [0.1, 0.15) is 21.9 Å². The Morgan fingerprint density at radius 2 is 1.58 bits per heavy atom. The third kappa shape index (κ3) is 5.21. The molecule has 98 valence electrons. The van der Waals surface area contributed by atoms with Gasteiger partial charge in [0, 0.05) is 22.8 Å². The van der Waals surface area contributed by atoms with Crippen molar-refractivity contribution in [1.29, 1.82) is 10.5 Å². The zero-order chi connectivity index (χ0) is 14.1. The highest BCUT2D eigenvalue weighted by atomic mass is 32.1. The van der Waals surface area contributed by atoms with Crippen LogP contribution in [-0.4, -0.2) is 7.05 Å². The molecule has 0 aliphatic rings. The SMILES string of the molecule is CNCc1ccc(C#N)s1.N#Cc1ccc(CN)s1. The third-order valence-corrected chi connectivity index (χ3v) is 4.10. The summed E-state index contributed by atoms with van der Waals surface area (Å²) in [4.78, 5) is 3.78. The molecule has 0 amide bonds. The lowest BCUT2D eigenvalue weighted by molar-refractivity contribution is 0.831. The predicted octanol–water partition coefficient (Wildman–Crippen LogP) is 2.42. The summed E-state index contributed by atoms with van der Waals surface area (Å²) in [5.74, 6) is 0. The van der Waals surface area contributed by atoms with Crippen molar-refractivity contribution in [2.24, 2.45) is 5.73 Å². The van der Waals surface area contributed by atoms with E-state index in [0.29, 0.717) is 6.54 Å². The Kier molecular flexibility index (Phi) is 6.80. The Morgan fingerprint density at radius 3 is 1.95 bits per heavy atom. The Balaban J connectivity index is 0.000000191. The van der Waals surface area contributed by atoms with Gasteiger partial charge in [0.25, 0.3) is 0 Å². The molecule has 2 aromatic heterocycles. The molecule has 0 saturated heterocycles. The van der Waals surface area contributed by atoms with Gasteiger partial charge in [-0.1, -0.05) is 0 Å². The van der Waals surface area contributed by atoms with Crippen LogP contribution in [0, 0.1) is 22.7 Å². The van der Waals surface area contributed by atoms with E-state index in [0.717, 1.165) is 21.2 Å². The molecule has 0 aliphatic carbocycles. The minimum absolute atomic E-state index is 0.534. The highest BCUT2D eigenvalue weighted by Crippen LogP contribution is 2.14. The van der Waals surface area contributed by atoms with E-state index < -0.39 is 0 Å². The van der Waals surface area contributed by atoms with Crippen LogP contribution in [0.15, 0.2) is 24.3 Å². The molecular weight excluding hydrogens is 276 g/mol. The van der Waals surface area contributed by atoms with Crippen LogP contribution in [-0.2, 0) is 13.1 Å². The standard InChI is InChI=1S/C7H8N2S.C6H6N2S/c1-9-5-7-3-2-6(4-8)10-7;7-3-5-1-2-6(4-8)9-5/h2-3,9H,5H2,1H3;1-2H,3,7H2. The molecule has 2 aromatic rings. The molecule has 0 aliphatic heterocycles. The number of hydrogen-bond donors (Lipinski definition) is 2. The molecule has 2 heterocycles. The second-order valence-electron chi connectivity index (χ2n) is 3.49. The number of nitrogens with two attached hydrogens (primary N) is 1. The van der Waals surface area contributed by atoms with Gasteiger partial charge in [-0.2, -0.15) is 10.5 Å². The van der Waals surface area contributed by atoms with Gasteiger partial charge in [-0.3, -0.25) is 0 Å². The van der Waals surface area contributed by atoms with Gasteiger partial charge in [-0.05, 0) is 31.3 Å². The fourth-order valence-corrected chi connectivity index (χ4v) is 2.76. The lowest BCUT2D eigenvalue weighted by Gasteiger charge is -1.89. The highest BCUT2D eigenvalue weighted by molar-refractivity contribution is 7.12. The Hall–Kier alpha value is -1.70. The van der Waals surface area contributed by atoms with Crippen LogP contribution in [0.1, 0.15) is 19.5 Å². The zero-order valence-corrected chi connectivity index (χ0v) is 12.1. The smallest absolute Gasteiger partial charge is 0.110 e. The van der Waals surface area contributed by atoms with Gasteiger partial charge < -0.3 is 11.1 Å². The molecular formula is C13H14N4S2. The van der Waals surface area contributed by atoms with E-state index in [9.17, 15) is 0 Å². The molecule has 2 rings (SSSR count). The molecule has 0 saturated carbocycles. The van der Waals surface area contributed by atoms with Crippen molar-refractivity contribution in [1.82, 2.24) is 5.32 Å². The maximum Gasteiger partial charge on any atom is 0.110 e. The summed E-state index contributed by atoms with van der Waals surface area (Å²) in [7, 11) is 1.89. The van der Waals surface area contributed by atoms with Crippen LogP contribution in [0.3, 0.4) is 0 Å². The van der Waals surface area contributed by atoms with Crippen molar-refractivity contribution in [2.45, 2.75) is 13.1 Å². The normalized spacial score (nSPS) is 9.05. The second kappa shape index (κ2) is 8.41. The fraction of sp³-hybridized carbons (Fsp3) is 0.231. The quantitative estimate of drug-likeness (QED) is 0.909. The largest absolute Gasteiger partial charge is 0.326 e. The molecule has 19 heavy (non-hydrogen) atoms. The number of rotatable bonds is 3. The van der Waals surface area contributed by atoms with Crippen molar-refractivity contribution in [3.63, 3.8) is 0 Å². The average molecular weight is 290 g/mol. The summed E-state index contributed by atoms with van der Waals surface area (Å²) in [5.41, 5.74) is 5.32. The lowest BCUT2D eigenvalue weighted by Crippen LogP contribution is -2.02. The number of hydrogen-bond acceptors (Lipinski definition) is 6. The van der Waals surface area contributed by atoms with Gasteiger partial charge in [-0.25, -0.2) is 0 Å². The van der Waals surface area contributed by atoms with Gasteiger partial charge in [0.05, 0.1) is 0 Å². The number of nitrogens with one attached hydrogen (secondary N) is 1. The van der Waals surface area contributed by atoms with Gasteiger partial charge >= 0.3 is 0 Å². The molecule has 0 radical (unpaired) electrons. The van der Waals surface area contributed by atoms with Gasteiger partial charge in [-0.15, -0.1) is 22.7 Å². The lowest BCUT2D eigenvalue weighted by atomic mass is 10.4. The van der Waals surface area contributed by atoms with Crippen LogP contribution in [0.25, 0.3) is 0 Å². The van der Waals surface area contributed by atoms with Gasteiger partial charge in [0.15, 0.2) is 0 Å². The molecule has 0 atom stereocenters. The number of thiophene rings is 2. The summed E-state index contributed by atoms with van der Waals surface area (Å²) in [5, 5.41) is 19.8. The summed E-state index contributed by atoms with van der Waals surface area (Å²) >= 11 is 2.98. The average Bonchev–Trinajstić information content (AvgIpc) is 3.08. The van der Waals surface area contributed by atoms with Crippen molar-refractivity contribution in [2.75, 3.05) is 7.05 Å². The first-order chi connectivity index (χ1) is 9.23. The van der Waals surface area contributed by atoms with Gasteiger partial charge in [0.2, 0.25) is 0 Å². The van der Waals surface area contributed by atoms with Crippen LogP contribution in [0.5, 0.6) is 0 Å². The first-order valence-electron chi connectivity index (χ1n) is 5.55. The number of nitrogens with zero attached hydrogens (tertiary/aromatic N) is 2. The molecule has 0 unspecified atom stereocenters. The molecule has 4 nitrogen and oxygen atoms in total. The predicted molar refractivity (Wildman–Crippen MR) is 78.7 cm³/mol. The zero-order valence-electron chi connectivity index (χ0n) is 10.5. The van der Waals surface area contributed by atoms with Crippen molar-refractivity contribution >= 4 is 22.7 Å². The van der Waals surface area contributed by atoms with Crippen LogP contribution >= 0.6 is 22.7 Å². The number of nitriles is 2. The maximum absolute atomic E-state index is 8.46. The maximum atomic E-state index is 8.46. The van der Waals surface area contributed by atoms with E-state index >= 15 is 0 Å². The summed E-state index contributed by atoms with van der Waals surface area (Å²) in [6.45, 7) is 1.39. The molecule has 3 N–H and O–H groups in total. The summed E-state index contributed by atoms with van der Waals surface area (Å²) in [6, 6.07) is 11.6. The highest BCUT2D eigenvalue weighted by Gasteiger charge is 1.95. The molecule has 6 heteroatoms. The fourth-order valence-electron chi connectivity index (χ4n) is 1.25.